The lowest BCUT2D eigenvalue weighted by Gasteiger charge is -2.29. The van der Waals surface area contributed by atoms with Crippen LogP contribution in [0.25, 0.3) is 0 Å². The minimum atomic E-state index is -1.91. The Hall–Kier alpha value is -2.38. The van der Waals surface area contributed by atoms with Gasteiger partial charge in [-0.05, 0) is 47.6 Å². The third kappa shape index (κ3) is 6.81. The summed E-state index contributed by atoms with van der Waals surface area (Å²) in [6.45, 7) is 0. The van der Waals surface area contributed by atoms with Crippen molar-refractivity contribution in [2.75, 3.05) is 5.32 Å². The summed E-state index contributed by atoms with van der Waals surface area (Å²) in [6.07, 6.45) is -1.14. The molecule has 0 aliphatic carbocycles. The molecular formula is C23H19Cl3FN3OS. The van der Waals surface area contributed by atoms with Gasteiger partial charge in [-0.15, -0.1) is 0 Å². The maximum atomic E-state index is 13.3. The number of nitrogens with one attached hydrogen (secondary N) is 3. The molecule has 0 bridgehead atoms. The summed E-state index contributed by atoms with van der Waals surface area (Å²) in [4.78, 5) is 13.3. The van der Waals surface area contributed by atoms with Gasteiger partial charge in [0.1, 0.15) is 12.0 Å². The van der Waals surface area contributed by atoms with Gasteiger partial charge in [0.25, 0.3) is 0 Å². The Kier molecular flexibility index (Phi) is 8.32. The van der Waals surface area contributed by atoms with Crippen molar-refractivity contribution in [1.82, 2.24) is 10.6 Å². The SMILES string of the molecule is O=C(N[C@@H](NC(=S)Nc1ccc(F)cc1)C(Cl)(Cl)Cl)C(c1ccccc1)c1ccccc1. The van der Waals surface area contributed by atoms with E-state index in [-0.39, 0.29) is 16.8 Å². The predicted molar refractivity (Wildman–Crippen MR) is 133 cm³/mol. The Morgan fingerprint density at radius 3 is 1.78 bits per heavy atom. The monoisotopic (exact) mass is 509 g/mol. The first kappa shape index (κ1) is 24.3. The van der Waals surface area contributed by atoms with E-state index in [2.05, 4.69) is 16.0 Å². The third-order valence-corrected chi connectivity index (χ3v) is 5.39. The molecule has 0 fully saturated rings. The zero-order chi connectivity index (χ0) is 23.1. The van der Waals surface area contributed by atoms with Gasteiger partial charge >= 0.3 is 0 Å². The summed E-state index contributed by atoms with van der Waals surface area (Å²) in [7, 11) is 0. The van der Waals surface area contributed by atoms with Crippen LogP contribution in [0.15, 0.2) is 84.9 Å². The highest BCUT2D eigenvalue weighted by molar-refractivity contribution is 7.80. The molecule has 0 saturated heterocycles. The molecule has 166 valence electrons. The molecule has 3 N–H and O–H groups in total. The lowest BCUT2D eigenvalue weighted by molar-refractivity contribution is -0.122. The number of anilines is 1. The lowest BCUT2D eigenvalue weighted by atomic mass is 9.90. The van der Waals surface area contributed by atoms with Gasteiger partial charge in [-0.1, -0.05) is 95.5 Å². The van der Waals surface area contributed by atoms with Crippen LogP contribution in [-0.2, 0) is 4.79 Å². The van der Waals surface area contributed by atoms with E-state index in [9.17, 15) is 9.18 Å². The van der Waals surface area contributed by atoms with E-state index in [1.54, 1.807) is 0 Å². The van der Waals surface area contributed by atoms with Gasteiger partial charge in [-0.3, -0.25) is 4.79 Å². The van der Waals surface area contributed by atoms with Crippen LogP contribution in [0.3, 0.4) is 0 Å². The van der Waals surface area contributed by atoms with Gasteiger partial charge in [0.15, 0.2) is 5.11 Å². The van der Waals surface area contributed by atoms with Crippen molar-refractivity contribution in [3.05, 3.63) is 102 Å². The van der Waals surface area contributed by atoms with Crippen molar-refractivity contribution in [1.29, 1.82) is 0 Å². The Balaban J connectivity index is 1.79. The van der Waals surface area contributed by atoms with E-state index in [1.807, 2.05) is 60.7 Å². The molecule has 0 radical (unpaired) electrons. The van der Waals surface area contributed by atoms with Crippen LogP contribution in [0.5, 0.6) is 0 Å². The molecule has 1 atom stereocenters. The molecule has 0 saturated carbocycles. The zero-order valence-electron chi connectivity index (χ0n) is 16.6. The smallest absolute Gasteiger partial charge is 0.233 e. The minimum absolute atomic E-state index is 0.0872. The van der Waals surface area contributed by atoms with Gasteiger partial charge in [0.2, 0.25) is 9.70 Å². The molecule has 3 aromatic carbocycles. The van der Waals surface area contributed by atoms with Crippen LogP contribution in [0.4, 0.5) is 10.1 Å². The highest BCUT2D eigenvalue weighted by Gasteiger charge is 2.36. The first-order valence-corrected chi connectivity index (χ1v) is 11.1. The van der Waals surface area contributed by atoms with Gasteiger partial charge in [0, 0.05) is 5.69 Å². The Morgan fingerprint density at radius 1 is 0.812 bits per heavy atom. The van der Waals surface area contributed by atoms with Gasteiger partial charge in [-0.25, -0.2) is 4.39 Å². The molecule has 3 rings (SSSR count). The second-order valence-electron chi connectivity index (χ2n) is 6.84. The fourth-order valence-corrected chi connectivity index (χ4v) is 3.61. The first-order valence-electron chi connectivity index (χ1n) is 9.54. The van der Waals surface area contributed by atoms with Crippen molar-refractivity contribution in [3.63, 3.8) is 0 Å². The normalized spacial score (nSPS) is 12.2. The van der Waals surface area contributed by atoms with Gasteiger partial charge in [-0.2, -0.15) is 0 Å². The summed E-state index contributed by atoms with van der Waals surface area (Å²) in [6, 6.07) is 24.2. The van der Waals surface area contributed by atoms with Crippen molar-refractivity contribution >= 4 is 63.7 Å². The number of thiocarbonyl (C=S) groups is 1. The highest BCUT2D eigenvalue weighted by Crippen LogP contribution is 2.31. The predicted octanol–water partition coefficient (Wildman–Crippen LogP) is 5.76. The summed E-state index contributed by atoms with van der Waals surface area (Å²) in [5, 5.41) is 8.51. The number of hydrogen-bond donors (Lipinski definition) is 3. The Bertz CT molecular complexity index is 1010. The molecule has 9 heteroatoms. The zero-order valence-corrected chi connectivity index (χ0v) is 19.7. The van der Waals surface area contributed by atoms with E-state index in [1.165, 1.54) is 24.3 Å². The molecule has 1 amide bonds. The average molecular weight is 511 g/mol. The number of carbonyl (C=O) groups is 1. The average Bonchev–Trinajstić information content (AvgIpc) is 2.76. The van der Waals surface area contributed by atoms with E-state index in [0.717, 1.165) is 11.1 Å². The van der Waals surface area contributed by atoms with Crippen LogP contribution in [0, 0.1) is 5.82 Å². The van der Waals surface area contributed by atoms with Crippen LogP contribution < -0.4 is 16.0 Å². The molecule has 0 aliphatic rings. The number of halogens is 4. The van der Waals surface area contributed by atoms with Crippen LogP contribution in [0.2, 0.25) is 0 Å². The van der Waals surface area contributed by atoms with Crippen molar-refractivity contribution in [3.8, 4) is 0 Å². The maximum absolute atomic E-state index is 13.3. The summed E-state index contributed by atoms with van der Waals surface area (Å²) >= 11 is 23.6. The molecule has 4 nitrogen and oxygen atoms in total. The largest absolute Gasteiger partial charge is 0.339 e. The maximum Gasteiger partial charge on any atom is 0.233 e. The molecule has 0 heterocycles. The topological polar surface area (TPSA) is 53.2 Å². The van der Waals surface area contributed by atoms with E-state index in [0.29, 0.717) is 5.69 Å². The number of hydrogen-bond acceptors (Lipinski definition) is 2. The third-order valence-electron chi connectivity index (χ3n) is 4.52. The second kappa shape index (κ2) is 11.0. The highest BCUT2D eigenvalue weighted by atomic mass is 35.6. The Morgan fingerprint density at radius 2 is 1.31 bits per heavy atom. The van der Waals surface area contributed by atoms with E-state index >= 15 is 0 Å². The fourth-order valence-electron chi connectivity index (χ4n) is 3.04. The standard InChI is InChI=1S/C23H19Cl3FN3OS/c24-23(25,26)21(30-22(32)28-18-13-11-17(27)12-14-18)29-20(31)19(15-7-3-1-4-8-15)16-9-5-2-6-10-16/h1-14,19,21H,(H,29,31)(H2,28,30,32)/t21-/m0/s1. The molecule has 0 aromatic heterocycles. The first-order chi connectivity index (χ1) is 15.2. The summed E-state index contributed by atoms with van der Waals surface area (Å²) < 4.78 is 11.2. The Labute approximate surface area is 206 Å². The second-order valence-corrected chi connectivity index (χ2v) is 9.62. The van der Waals surface area contributed by atoms with Crippen molar-refractivity contribution < 1.29 is 9.18 Å². The number of benzene rings is 3. The van der Waals surface area contributed by atoms with E-state index < -0.39 is 15.9 Å². The summed E-state index contributed by atoms with van der Waals surface area (Å²) in [5.41, 5.74) is 2.10. The molecule has 3 aromatic rings. The number of alkyl halides is 3. The number of rotatable bonds is 6. The van der Waals surface area contributed by atoms with E-state index in [4.69, 9.17) is 47.0 Å². The van der Waals surface area contributed by atoms with Crippen LogP contribution >= 0.6 is 47.0 Å². The number of amides is 1. The van der Waals surface area contributed by atoms with Crippen LogP contribution in [0.1, 0.15) is 17.0 Å². The number of carbonyl (C=O) groups excluding carboxylic acids is 1. The van der Waals surface area contributed by atoms with Gasteiger partial charge in [0.05, 0.1) is 5.92 Å². The van der Waals surface area contributed by atoms with Crippen molar-refractivity contribution in [2.24, 2.45) is 0 Å². The van der Waals surface area contributed by atoms with Crippen molar-refractivity contribution in [2.45, 2.75) is 15.9 Å². The van der Waals surface area contributed by atoms with Gasteiger partial charge < -0.3 is 16.0 Å². The lowest BCUT2D eigenvalue weighted by Crippen LogP contribution is -2.57. The van der Waals surface area contributed by atoms with Crippen LogP contribution in [-0.4, -0.2) is 21.0 Å². The molecule has 0 aliphatic heterocycles. The molecule has 0 spiro atoms. The molecular weight excluding hydrogens is 492 g/mol. The molecule has 0 unspecified atom stereocenters. The quantitative estimate of drug-likeness (QED) is 0.224. The molecule has 32 heavy (non-hydrogen) atoms. The minimum Gasteiger partial charge on any atom is -0.339 e. The fraction of sp³-hybridized carbons (Fsp3) is 0.130. The summed E-state index contributed by atoms with van der Waals surface area (Å²) in [5.74, 6) is -1.39.